The molecule has 0 saturated carbocycles. The van der Waals surface area contributed by atoms with Crippen LogP contribution in [-0.4, -0.2) is 25.8 Å². The van der Waals surface area contributed by atoms with Gasteiger partial charge in [0, 0.05) is 19.6 Å². The molecule has 3 nitrogen and oxygen atoms in total. The van der Waals surface area contributed by atoms with E-state index in [1.165, 1.54) is 0 Å². The van der Waals surface area contributed by atoms with Crippen LogP contribution < -0.4 is 0 Å². The number of hydrogen-bond acceptors (Lipinski definition) is 3. The second-order valence-electron chi connectivity index (χ2n) is 2.94. The molecule has 0 fully saturated rings. The van der Waals surface area contributed by atoms with E-state index >= 15 is 0 Å². The van der Waals surface area contributed by atoms with Crippen molar-refractivity contribution in [2.45, 2.75) is 39.5 Å². The molecule has 0 heterocycles. The second-order valence-corrected chi connectivity index (χ2v) is 2.94. The molecule has 3 heteroatoms. The van der Waals surface area contributed by atoms with E-state index in [4.69, 9.17) is 9.47 Å². The predicted octanol–water partition coefficient (Wildman–Crippen LogP) is 2.15. The van der Waals surface area contributed by atoms with Crippen molar-refractivity contribution < 1.29 is 14.3 Å². The second kappa shape index (κ2) is 9.52. The van der Waals surface area contributed by atoms with Crippen molar-refractivity contribution in [3.63, 3.8) is 0 Å². The summed E-state index contributed by atoms with van der Waals surface area (Å²) in [5.74, 6) is -0.109. The van der Waals surface area contributed by atoms with E-state index in [9.17, 15) is 4.79 Å². The first-order valence-corrected chi connectivity index (χ1v) is 5.04. The Morgan fingerprint density at radius 2 is 1.77 bits per heavy atom. The highest BCUT2D eigenvalue weighted by molar-refractivity contribution is 5.69. The summed E-state index contributed by atoms with van der Waals surface area (Å²) in [7, 11) is 0. The van der Waals surface area contributed by atoms with E-state index in [0.717, 1.165) is 25.9 Å². The maximum atomic E-state index is 11.0. The summed E-state index contributed by atoms with van der Waals surface area (Å²) in [4.78, 5) is 11.0. The number of esters is 1. The molecule has 0 amide bonds. The topological polar surface area (TPSA) is 35.5 Å². The lowest BCUT2D eigenvalue weighted by Crippen LogP contribution is -2.06. The third-order valence-corrected chi connectivity index (χ3v) is 1.49. The molecule has 0 aromatic rings. The van der Waals surface area contributed by atoms with Gasteiger partial charge in [-0.3, -0.25) is 4.79 Å². The highest BCUT2D eigenvalue weighted by atomic mass is 16.5. The van der Waals surface area contributed by atoms with Crippen LogP contribution in [0.25, 0.3) is 0 Å². The van der Waals surface area contributed by atoms with E-state index in [2.05, 4.69) is 6.92 Å². The molecule has 0 N–H and O–H groups in total. The number of carbonyl (C=O) groups excluding carboxylic acids is 1. The van der Waals surface area contributed by atoms with Gasteiger partial charge >= 0.3 is 5.97 Å². The van der Waals surface area contributed by atoms with Gasteiger partial charge in [0.15, 0.2) is 0 Å². The summed E-state index contributed by atoms with van der Waals surface area (Å²) < 4.78 is 10.1. The smallest absolute Gasteiger partial charge is 0.305 e. The SMILES string of the molecule is CCCOCCCC(=O)OCCC. The van der Waals surface area contributed by atoms with Crippen molar-refractivity contribution in [3.05, 3.63) is 0 Å². The van der Waals surface area contributed by atoms with Gasteiger partial charge in [-0.1, -0.05) is 13.8 Å². The molecule has 0 atom stereocenters. The van der Waals surface area contributed by atoms with Crippen molar-refractivity contribution >= 4 is 5.97 Å². The van der Waals surface area contributed by atoms with Crippen molar-refractivity contribution in [3.8, 4) is 0 Å². The Morgan fingerprint density at radius 1 is 1.08 bits per heavy atom. The van der Waals surface area contributed by atoms with Gasteiger partial charge < -0.3 is 9.47 Å². The van der Waals surface area contributed by atoms with Crippen molar-refractivity contribution in [2.24, 2.45) is 0 Å². The minimum absolute atomic E-state index is 0.109. The Balaban J connectivity index is 3.08. The fourth-order valence-corrected chi connectivity index (χ4v) is 0.853. The third kappa shape index (κ3) is 9.34. The van der Waals surface area contributed by atoms with E-state index in [1.807, 2.05) is 6.92 Å². The molecule has 13 heavy (non-hydrogen) atoms. The van der Waals surface area contributed by atoms with Gasteiger partial charge in [0.25, 0.3) is 0 Å². The summed E-state index contributed by atoms with van der Waals surface area (Å²) in [6.45, 7) is 6.03. The van der Waals surface area contributed by atoms with Crippen LogP contribution in [0.4, 0.5) is 0 Å². The number of ether oxygens (including phenoxy) is 2. The average Bonchev–Trinajstić information content (AvgIpc) is 2.14. The quantitative estimate of drug-likeness (QED) is 0.432. The van der Waals surface area contributed by atoms with Crippen LogP contribution in [-0.2, 0) is 14.3 Å². The maximum absolute atomic E-state index is 11.0. The first-order chi connectivity index (χ1) is 6.31. The lowest BCUT2D eigenvalue weighted by atomic mass is 10.3. The van der Waals surface area contributed by atoms with Crippen LogP contribution in [0, 0.1) is 0 Å². The summed E-state index contributed by atoms with van der Waals surface area (Å²) in [6.07, 6.45) is 3.16. The minimum Gasteiger partial charge on any atom is -0.466 e. The lowest BCUT2D eigenvalue weighted by molar-refractivity contribution is -0.144. The zero-order valence-corrected chi connectivity index (χ0v) is 8.67. The predicted molar refractivity (Wildman–Crippen MR) is 51.6 cm³/mol. The van der Waals surface area contributed by atoms with Crippen LogP contribution in [0.15, 0.2) is 0 Å². The van der Waals surface area contributed by atoms with E-state index in [1.54, 1.807) is 0 Å². The number of hydrogen-bond donors (Lipinski definition) is 0. The molecule has 0 aromatic carbocycles. The molecule has 0 rings (SSSR count). The zero-order chi connectivity index (χ0) is 9.94. The van der Waals surface area contributed by atoms with E-state index in [-0.39, 0.29) is 5.97 Å². The fraction of sp³-hybridized carbons (Fsp3) is 0.900. The first kappa shape index (κ1) is 12.4. The molecule has 0 aromatic heterocycles. The van der Waals surface area contributed by atoms with Gasteiger partial charge in [-0.25, -0.2) is 0 Å². The van der Waals surface area contributed by atoms with E-state index < -0.39 is 0 Å². The van der Waals surface area contributed by atoms with Gasteiger partial charge in [0.1, 0.15) is 0 Å². The van der Waals surface area contributed by atoms with Crippen molar-refractivity contribution in [1.29, 1.82) is 0 Å². The molecule has 0 bridgehead atoms. The fourth-order valence-electron chi connectivity index (χ4n) is 0.853. The zero-order valence-electron chi connectivity index (χ0n) is 8.67. The molecule has 0 unspecified atom stereocenters. The van der Waals surface area contributed by atoms with Gasteiger partial charge in [0.05, 0.1) is 6.61 Å². The molecular formula is C10H20O3. The highest BCUT2D eigenvalue weighted by Gasteiger charge is 2.00. The normalized spacial score (nSPS) is 10.0. The molecule has 0 aliphatic heterocycles. The molecule has 78 valence electrons. The summed E-state index contributed by atoms with van der Waals surface area (Å²) in [5, 5.41) is 0. The monoisotopic (exact) mass is 188 g/mol. The Bertz CT molecular complexity index is 123. The highest BCUT2D eigenvalue weighted by Crippen LogP contribution is 1.95. The van der Waals surface area contributed by atoms with E-state index in [0.29, 0.717) is 19.6 Å². The molecule has 0 aliphatic carbocycles. The first-order valence-electron chi connectivity index (χ1n) is 5.04. The molecule has 0 radical (unpaired) electrons. The standard InChI is InChI=1S/C10H20O3/c1-3-7-12-9-5-6-10(11)13-8-4-2/h3-9H2,1-2H3. The van der Waals surface area contributed by atoms with Gasteiger partial charge in [-0.15, -0.1) is 0 Å². The minimum atomic E-state index is -0.109. The van der Waals surface area contributed by atoms with Crippen LogP contribution in [0.2, 0.25) is 0 Å². The van der Waals surface area contributed by atoms with Crippen molar-refractivity contribution in [2.75, 3.05) is 19.8 Å². The number of carbonyl (C=O) groups is 1. The van der Waals surface area contributed by atoms with Crippen LogP contribution >= 0.6 is 0 Å². The summed E-state index contributed by atoms with van der Waals surface area (Å²) in [5.41, 5.74) is 0. The Morgan fingerprint density at radius 3 is 2.38 bits per heavy atom. The van der Waals surface area contributed by atoms with Gasteiger partial charge in [-0.2, -0.15) is 0 Å². The largest absolute Gasteiger partial charge is 0.466 e. The summed E-state index contributed by atoms with van der Waals surface area (Å²) >= 11 is 0. The summed E-state index contributed by atoms with van der Waals surface area (Å²) in [6, 6.07) is 0. The Hall–Kier alpha value is -0.570. The van der Waals surface area contributed by atoms with Gasteiger partial charge in [0.2, 0.25) is 0 Å². The average molecular weight is 188 g/mol. The molecule has 0 aliphatic rings. The van der Waals surface area contributed by atoms with Crippen LogP contribution in [0.3, 0.4) is 0 Å². The maximum Gasteiger partial charge on any atom is 0.305 e. The Labute approximate surface area is 80.4 Å². The Kier molecular flexibility index (Phi) is 9.10. The van der Waals surface area contributed by atoms with Gasteiger partial charge in [-0.05, 0) is 19.3 Å². The number of rotatable bonds is 8. The molecule has 0 saturated heterocycles. The lowest BCUT2D eigenvalue weighted by Gasteiger charge is -2.03. The van der Waals surface area contributed by atoms with Crippen LogP contribution in [0.5, 0.6) is 0 Å². The van der Waals surface area contributed by atoms with Crippen molar-refractivity contribution in [1.82, 2.24) is 0 Å². The molecule has 0 spiro atoms. The third-order valence-electron chi connectivity index (χ3n) is 1.49. The van der Waals surface area contributed by atoms with Crippen LogP contribution in [0.1, 0.15) is 39.5 Å². The molecular weight excluding hydrogens is 168 g/mol.